The lowest BCUT2D eigenvalue weighted by Crippen LogP contribution is -2.48. The molecular weight excluding hydrogens is 440 g/mol. The summed E-state index contributed by atoms with van der Waals surface area (Å²) in [6, 6.07) is 7.16. The quantitative estimate of drug-likeness (QED) is 0.602. The largest absolute Gasteiger partial charge is 0.475 e. The predicted octanol–water partition coefficient (Wildman–Crippen LogP) is 4.18. The van der Waals surface area contributed by atoms with Gasteiger partial charge in [-0.2, -0.15) is 4.31 Å². The van der Waals surface area contributed by atoms with Crippen LogP contribution in [0.3, 0.4) is 0 Å². The summed E-state index contributed by atoms with van der Waals surface area (Å²) < 4.78 is 34.1. The maximum absolute atomic E-state index is 13.6. The van der Waals surface area contributed by atoms with Crippen LogP contribution in [0.4, 0.5) is 0 Å². The highest BCUT2D eigenvalue weighted by atomic mass is 32.2. The maximum Gasteiger partial charge on any atom is 0.371 e. The van der Waals surface area contributed by atoms with Crippen molar-refractivity contribution in [3.05, 3.63) is 63.4 Å². The first kappa shape index (κ1) is 23.5. The fourth-order valence-electron chi connectivity index (χ4n) is 4.66. The van der Waals surface area contributed by atoms with E-state index < -0.39 is 16.0 Å². The summed E-state index contributed by atoms with van der Waals surface area (Å²) in [6.07, 6.45) is 0. The number of nitrogens with zero attached hydrogens (tertiary/aromatic N) is 2. The van der Waals surface area contributed by atoms with Crippen molar-refractivity contribution in [2.24, 2.45) is 0 Å². The monoisotopic (exact) mass is 470 g/mol. The second kappa shape index (κ2) is 8.59. The Kier molecular flexibility index (Phi) is 6.11. The third-order valence-corrected chi connectivity index (χ3v) is 9.23. The lowest BCUT2D eigenvalue weighted by molar-refractivity contribution is 0.0665. The first-order valence-corrected chi connectivity index (χ1v) is 12.5. The van der Waals surface area contributed by atoms with Gasteiger partial charge >= 0.3 is 5.97 Å². The first-order valence-electron chi connectivity index (χ1n) is 11.1. The van der Waals surface area contributed by atoms with Crippen LogP contribution in [-0.4, -0.2) is 54.9 Å². The molecule has 0 radical (unpaired) electrons. The minimum Gasteiger partial charge on any atom is -0.475 e. The van der Waals surface area contributed by atoms with Crippen molar-refractivity contribution in [1.29, 1.82) is 0 Å². The smallest absolute Gasteiger partial charge is 0.371 e. The molecule has 1 fully saturated rings. The average Bonchev–Trinajstić information content (AvgIpc) is 3.20. The van der Waals surface area contributed by atoms with E-state index in [0.717, 1.165) is 38.8 Å². The standard InChI is InChI=1S/C25H30N2O5S/c1-15-16(2)18(4)24(19(5)17(15)3)33(30,31)27-10-8-26(9-11-27)14-20-6-7-22-21(12-20)13-23(32-22)25(28)29/h6-7,12-13H,8-11,14H2,1-5H3,(H,28,29). The summed E-state index contributed by atoms with van der Waals surface area (Å²) in [6.45, 7) is 12.6. The predicted molar refractivity (Wildman–Crippen MR) is 127 cm³/mol. The van der Waals surface area contributed by atoms with Crippen LogP contribution in [0, 0.1) is 34.6 Å². The molecule has 0 bridgehead atoms. The third-order valence-electron chi connectivity index (χ3n) is 7.06. The lowest BCUT2D eigenvalue weighted by atomic mass is 9.95. The van der Waals surface area contributed by atoms with Crippen molar-refractivity contribution in [2.75, 3.05) is 26.2 Å². The van der Waals surface area contributed by atoms with Gasteiger partial charge in [0.05, 0.1) is 4.90 Å². The molecule has 1 aliphatic rings. The number of fused-ring (bicyclic) bond motifs is 1. The summed E-state index contributed by atoms with van der Waals surface area (Å²) >= 11 is 0. The number of hydrogen-bond donors (Lipinski definition) is 1. The second-order valence-electron chi connectivity index (χ2n) is 8.92. The van der Waals surface area contributed by atoms with Gasteiger partial charge in [-0.15, -0.1) is 0 Å². The number of hydrogen-bond acceptors (Lipinski definition) is 5. The molecule has 0 saturated carbocycles. The van der Waals surface area contributed by atoms with Gasteiger partial charge in [0.25, 0.3) is 0 Å². The minimum atomic E-state index is -3.58. The van der Waals surface area contributed by atoms with Crippen LogP contribution >= 0.6 is 0 Å². The van der Waals surface area contributed by atoms with Crippen LogP contribution in [0.1, 0.15) is 43.9 Å². The molecule has 0 atom stereocenters. The zero-order valence-corrected chi connectivity index (χ0v) is 20.5. The van der Waals surface area contributed by atoms with Crippen LogP contribution in [0.2, 0.25) is 0 Å². The molecule has 33 heavy (non-hydrogen) atoms. The van der Waals surface area contributed by atoms with Crippen molar-refractivity contribution >= 4 is 27.0 Å². The van der Waals surface area contributed by atoms with Crippen LogP contribution in [0.25, 0.3) is 11.0 Å². The zero-order valence-electron chi connectivity index (χ0n) is 19.7. The number of aromatic carboxylic acids is 1. The molecule has 2 aromatic carbocycles. The number of benzene rings is 2. The van der Waals surface area contributed by atoms with Crippen LogP contribution in [0.5, 0.6) is 0 Å². The van der Waals surface area contributed by atoms with Gasteiger partial charge in [0.2, 0.25) is 15.8 Å². The second-order valence-corrected chi connectivity index (χ2v) is 10.8. The van der Waals surface area contributed by atoms with E-state index in [1.54, 1.807) is 10.4 Å². The Bertz CT molecular complexity index is 1320. The molecule has 1 N–H and O–H groups in total. The van der Waals surface area contributed by atoms with Gasteiger partial charge in [-0.1, -0.05) is 6.07 Å². The topological polar surface area (TPSA) is 91.1 Å². The Labute approximate surface area is 194 Å². The van der Waals surface area contributed by atoms with Crippen molar-refractivity contribution in [3.63, 3.8) is 0 Å². The Hall–Kier alpha value is -2.68. The van der Waals surface area contributed by atoms with Gasteiger partial charge in [-0.05, 0) is 86.2 Å². The summed E-state index contributed by atoms with van der Waals surface area (Å²) in [5.41, 5.74) is 6.49. The summed E-state index contributed by atoms with van der Waals surface area (Å²) in [5.74, 6) is -1.16. The van der Waals surface area contributed by atoms with Crippen molar-refractivity contribution in [3.8, 4) is 0 Å². The van der Waals surface area contributed by atoms with Crippen molar-refractivity contribution in [1.82, 2.24) is 9.21 Å². The molecule has 1 saturated heterocycles. The molecule has 7 nitrogen and oxygen atoms in total. The highest BCUT2D eigenvalue weighted by Crippen LogP contribution is 2.32. The number of carboxylic acid groups (broad SMARTS) is 1. The van der Waals surface area contributed by atoms with Crippen LogP contribution in [-0.2, 0) is 16.6 Å². The van der Waals surface area contributed by atoms with Gasteiger partial charge in [0.1, 0.15) is 5.58 Å². The maximum atomic E-state index is 13.6. The Balaban J connectivity index is 1.49. The van der Waals surface area contributed by atoms with Crippen LogP contribution in [0.15, 0.2) is 33.6 Å². The zero-order chi connectivity index (χ0) is 24.1. The van der Waals surface area contributed by atoms with E-state index in [1.807, 2.05) is 46.8 Å². The Morgan fingerprint density at radius 3 is 2.06 bits per heavy atom. The Morgan fingerprint density at radius 2 is 1.48 bits per heavy atom. The van der Waals surface area contributed by atoms with Gasteiger partial charge in [0, 0.05) is 38.1 Å². The van der Waals surface area contributed by atoms with Gasteiger partial charge in [-0.3, -0.25) is 4.90 Å². The molecule has 0 amide bonds. The van der Waals surface area contributed by atoms with E-state index >= 15 is 0 Å². The SMILES string of the molecule is Cc1c(C)c(C)c(S(=O)(=O)N2CCN(Cc3ccc4oc(C(=O)O)cc4c3)CC2)c(C)c1C. The summed E-state index contributed by atoms with van der Waals surface area (Å²) in [4.78, 5) is 13.8. The normalized spacial score (nSPS) is 15.9. The Morgan fingerprint density at radius 1 is 0.909 bits per heavy atom. The van der Waals surface area contributed by atoms with E-state index in [4.69, 9.17) is 9.52 Å². The molecule has 1 aromatic heterocycles. The number of carbonyl (C=O) groups is 1. The third kappa shape index (κ3) is 4.18. The van der Waals surface area contributed by atoms with Crippen molar-refractivity contribution in [2.45, 2.75) is 46.1 Å². The average molecular weight is 471 g/mol. The number of sulfonamides is 1. The van der Waals surface area contributed by atoms with E-state index in [0.29, 0.717) is 43.2 Å². The molecule has 176 valence electrons. The number of rotatable bonds is 5. The highest BCUT2D eigenvalue weighted by Gasteiger charge is 2.32. The molecule has 0 spiro atoms. The minimum absolute atomic E-state index is 0.0758. The van der Waals surface area contributed by atoms with E-state index in [1.165, 1.54) is 6.07 Å². The molecule has 3 aromatic rings. The first-order chi connectivity index (χ1) is 15.5. The van der Waals surface area contributed by atoms with Crippen molar-refractivity contribution < 1.29 is 22.7 Å². The van der Waals surface area contributed by atoms with E-state index in [-0.39, 0.29) is 5.76 Å². The molecular formula is C25H30N2O5S. The van der Waals surface area contributed by atoms with Gasteiger partial charge in [0.15, 0.2) is 0 Å². The molecule has 4 rings (SSSR count). The fourth-order valence-corrected chi connectivity index (χ4v) is 6.65. The number of carboxylic acids is 1. The summed E-state index contributed by atoms with van der Waals surface area (Å²) in [5, 5.41) is 9.86. The van der Waals surface area contributed by atoms with Gasteiger partial charge < -0.3 is 9.52 Å². The molecule has 8 heteroatoms. The molecule has 0 aliphatic carbocycles. The molecule has 1 aliphatic heterocycles. The fraction of sp³-hybridized carbons (Fsp3) is 0.400. The lowest BCUT2D eigenvalue weighted by Gasteiger charge is -2.35. The summed E-state index contributed by atoms with van der Waals surface area (Å²) in [7, 11) is -3.58. The molecule has 0 unspecified atom stereocenters. The molecule has 2 heterocycles. The number of furan rings is 1. The highest BCUT2D eigenvalue weighted by molar-refractivity contribution is 7.89. The number of piperazine rings is 1. The van der Waals surface area contributed by atoms with E-state index in [9.17, 15) is 13.2 Å². The van der Waals surface area contributed by atoms with E-state index in [2.05, 4.69) is 4.90 Å². The van der Waals surface area contributed by atoms with Gasteiger partial charge in [-0.25, -0.2) is 13.2 Å². The van der Waals surface area contributed by atoms with Crippen LogP contribution < -0.4 is 0 Å².